The molecule has 0 bridgehead atoms. The molecule has 100 valence electrons. The molecule has 0 fully saturated rings. The van der Waals surface area contributed by atoms with Crippen LogP contribution in [0.2, 0.25) is 5.02 Å². The van der Waals surface area contributed by atoms with Gasteiger partial charge in [0.05, 0.1) is 11.1 Å². The van der Waals surface area contributed by atoms with Crippen molar-refractivity contribution < 1.29 is 9.84 Å². The Kier molecular flexibility index (Phi) is 4.86. The third-order valence-electron chi connectivity index (χ3n) is 2.75. The van der Waals surface area contributed by atoms with E-state index in [1.807, 2.05) is 30.3 Å². The molecule has 0 saturated heterocycles. The van der Waals surface area contributed by atoms with Crippen LogP contribution in [0.5, 0.6) is 5.75 Å². The number of ether oxygens (including phenoxy) is 1. The van der Waals surface area contributed by atoms with Crippen molar-refractivity contribution in [3.05, 3.63) is 63.1 Å². The van der Waals surface area contributed by atoms with E-state index >= 15 is 0 Å². The first kappa shape index (κ1) is 14.4. The highest BCUT2D eigenvalue weighted by Gasteiger charge is 2.06. The first-order valence-corrected chi connectivity index (χ1v) is 7.08. The van der Waals surface area contributed by atoms with Gasteiger partial charge >= 0.3 is 0 Å². The summed E-state index contributed by atoms with van der Waals surface area (Å²) in [5.74, 6) is 0.619. The molecule has 0 aliphatic rings. The number of aliphatic hydroxyl groups excluding tert-OH is 1. The van der Waals surface area contributed by atoms with Crippen LogP contribution in [0.25, 0.3) is 0 Å². The molecule has 0 saturated carbocycles. The van der Waals surface area contributed by atoms with Gasteiger partial charge in [-0.05, 0) is 42.3 Å². The highest BCUT2D eigenvalue weighted by atomic mass is 79.9. The van der Waals surface area contributed by atoms with E-state index in [1.165, 1.54) is 0 Å². The van der Waals surface area contributed by atoms with Gasteiger partial charge in [0.1, 0.15) is 12.4 Å². The van der Waals surface area contributed by atoms with Crippen molar-refractivity contribution in [3.8, 4) is 5.75 Å². The number of hydrogen-bond acceptors (Lipinski definition) is 2. The van der Waals surface area contributed by atoms with Gasteiger partial charge < -0.3 is 9.84 Å². The van der Waals surface area contributed by atoms with Gasteiger partial charge in [0.2, 0.25) is 0 Å². The quantitative estimate of drug-likeness (QED) is 0.870. The largest absolute Gasteiger partial charge is 0.487 e. The third-order valence-corrected chi connectivity index (χ3v) is 3.57. The summed E-state index contributed by atoms with van der Waals surface area (Å²) in [7, 11) is 0. The van der Waals surface area contributed by atoms with Gasteiger partial charge in [-0.1, -0.05) is 45.7 Å². The van der Waals surface area contributed by atoms with Crippen molar-refractivity contribution >= 4 is 27.5 Å². The molecular weight excluding hydrogens is 328 g/mol. The van der Waals surface area contributed by atoms with Gasteiger partial charge in [-0.25, -0.2) is 0 Å². The van der Waals surface area contributed by atoms with Crippen LogP contribution in [0.1, 0.15) is 24.2 Å². The number of aliphatic hydroxyl groups is 1. The van der Waals surface area contributed by atoms with E-state index in [-0.39, 0.29) is 0 Å². The molecule has 0 spiro atoms. The Morgan fingerprint density at radius 1 is 1.21 bits per heavy atom. The number of halogens is 2. The van der Waals surface area contributed by atoms with E-state index in [9.17, 15) is 5.11 Å². The lowest BCUT2D eigenvalue weighted by Crippen LogP contribution is -1.97. The van der Waals surface area contributed by atoms with Gasteiger partial charge in [-0.2, -0.15) is 0 Å². The third kappa shape index (κ3) is 3.96. The fourth-order valence-electron chi connectivity index (χ4n) is 1.64. The molecule has 2 rings (SSSR count). The molecule has 2 nitrogen and oxygen atoms in total. The normalized spacial score (nSPS) is 12.2. The zero-order valence-electron chi connectivity index (χ0n) is 10.4. The van der Waals surface area contributed by atoms with E-state index in [0.29, 0.717) is 17.4 Å². The van der Waals surface area contributed by atoms with Crippen molar-refractivity contribution in [2.24, 2.45) is 0 Å². The first-order chi connectivity index (χ1) is 9.06. The Labute approximate surface area is 126 Å². The minimum absolute atomic E-state index is 0.459. The zero-order valence-corrected chi connectivity index (χ0v) is 12.8. The molecule has 0 aliphatic carbocycles. The van der Waals surface area contributed by atoms with E-state index < -0.39 is 6.10 Å². The Morgan fingerprint density at radius 2 is 1.89 bits per heavy atom. The predicted octanol–water partition coefficient (Wildman–Crippen LogP) is 4.73. The fourth-order valence-corrected chi connectivity index (χ4v) is 2.14. The molecule has 1 atom stereocenters. The maximum atomic E-state index is 9.47. The minimum atomic E-state index is -0.530. The monoisotopic (exact) mass is 340 g/mol. The van der Waals surface area contributed by atoms with Crippen molar-refractivity contribution in [1.82, 2.24) is 0 Å². The van der Waals surface area contributed by atoms with E-state index in [2.05, 4.69) is 15.9 Å². The molecule has 2 aromatic carbocycles. The summed E-state index contributed by atoms with van der Waals surface area (Å²) < 4.78 is 6.71. The second-order valence-electron chi connectivity index (χ2n) is 4.28. The smallest absolute Gasteiger partial charge is 0.138 e. The fraction of sp³-hybridized carbons (Fsp3) is 0.200. The molecule has 19 heavy (non-hydrogen) atoms. The highest BCUT2D eigenvalue weighted by molar-refractivity contribution is 9.10. The van der Waals surface area contributed by atoms with Crippen molar-refractivity contribution in [2.75, 3.05) is 0 Å². The van der Waals surface area contributed by atoms with Gasteiger partial charge in [0.15, 0.2) is 0 Å². The summed E-state index contributed by atoms with van der Waals surface area (Å²) in [6.07, 6.45) is -0.530. The molecule has 0 amide bonds. The summed E-state index contributed by atoms with van der Waals surface area (Å²) in [6, 6.07) is 13.2. The summed E-state index contributed by atoms with van der Waals surface area (Å²) >= 11 is 9.51. The maximum Gasteiger partial charge on any atom is 0.138 e. The van der Waals surface area contributed by atoms with Gasteiger partial charge in [-0.15, -0.1) is 0 Å². The van der Waals surface area contributed by atoms with E-state index in [1.54, 1.807) is 19.1 Å². The summed E-state index contributed by atoms with van der Waals surface area (Å²) in [4.78, 5) is 0. The molecule has 1 unspecified atom stereocenters. The lowest BCUT2D eigenvalue weighted by molar-refractivity contribution is 0.199. The van der Waals surface area contributed by atoms with Crippen LogP contribution >= 0.6 is 27.5 Å². The molecule has 4 heteroatoms. The zero-order chi connectivity index (χ0) is 13.8. The number of benzene rings is 2. The van der Waals surface area contributed by atoms with Crippen LogP contribution in [0.15, 0.2) is 46.9 Å². The van der Waals surface area contributed by atoms with Crippen LogP contribution in [0.4, 0.5) is 0 Å². The average molecular weight is 342 g/mol. The van der Waals surface area contributed by atoms with Crippen LogP contribution in [0, 0.1) is 0 Å². The number of hydrogen-bond donors (Lipinski definition) is 1. The second-order valence-corrected chi connectivity index (χ2v) is 5.60. The Hall–Kier alpha value is -1.03. The Morgan fingerprint density at radius 3 is 2.47 bits per heavy atom. The van der Waals surface area contributed by atoms with Crippen molar-refractivity contribution in [3.63, 3.8) is 0 Å². The average Bonchev–Trinajstić information content (AvgIpc) is 2.39. The summed E-state index contributed by atoms with van der Waals surface area (Å²) in [6.45, 7) is 2.16. The highest BCUT2D eigenvalue weighted by Crippen LogP contribution is 2.28. The molecule has 0 heterocycles. The summed E-state index contributed by atoms with van der Waals surface area (Å²) in [5, 5.41) is 9.98. The Balaban J connectivity index is 2.05. The topological polar surface area (TPSA) is 29.5 Å². The van der Waals surface area contributed by atoms with Crippen LogP contribution in [-0.2, 0) is 6.61 Å². The van der Waals surface area contributed by atoms with E-state index in [0.717, 1.165) is 15.6 Å². The first-order valence-electron chi connectivity index (χ1n) is 5.91. The van der Waals surface area contributed by atoms with Gasteiger partial charge in [0.25, 0.3) is 0 Å². The van der Waals surface area contributed by atoms with Gasteiger partial charge in [0, 0.05) is 4.47 Å². The minimum Gasteiger partial charge on any atom is -0.487 e. The maximum absolute atomic E-state index is 9.47. The standard InChI is InChI=1S/C15H14BrClO2/c1-10(18)12-4-7-15(14(17)8-12)19-9-11-2-5-13(16)6-3-11/h2-8,10,18H,9H2,1H3. The SMILES string of the molecule is CC(O)c1ccc(OCc2ccc(Br)cc2)c(Cl)c1. The van der Waals surface area contributed by atoms with Crippen molar-refractivity contribution in [1.29, 1.82) is 0 Å². The van der Waals surface area contributed by atoms with Crippen LogP contribution in [0.3, 0.4) is 0 Å². The van der Waals surface area contributed by atoms with Crippen molar-refractivity contribution in [2.45, 2.75) is 19.6 Å². The second kappa shape index (κ2) is 6.42. The molecule has 0 radical (unpaired) electrons. The summed E-state index contributed by atoms with van der Waals surface area (Å²) in [5.41, 5.74) is 1.85. The molecule has 0 aliphatic heterocycles. The lowest BCUT2D eigenvalue weighted by atomic mass is 10.1. The van der Waals surface area contributed by atoms with Crippen LogP contribution in [-0.4, -0.2) is 5.11 Å². The van der Waals surface area contributed by atoms with Crippen LogP contribution < -0.4 is 4.74 Å². The van der Waals surface area contributed by atoms with E-state index in [4.69, 9.17) is 16.3 Å². The predicted molar refractivity (Wildman–Crippen MR) is 80.6 cm³/mol. The molecular formula is C15H14BrClO2. The van der Waals surface area contributed by atoms with Gasteiger partial charge in [-0.3, -0.25) is 0 Å². The Bertz CT molecular complexity index is 553. The molecule has 0 aromatic heterocycles. The lowest BCUT2D eigenvalue weighted by Gasteiger charge is -2.11. The molecule has 1 N–H and O–H groups in total. The molecule has 2 aromatic rings. The number of rotatable bonds is 4.